The molecule has 2 amide bonds. The normalized spacial score (nSPS) is 11.9. The van der Waals surface area contributed by atoms with Gasteiger partial charge in [-0.2, -0.15) is 0 Å². The molecule has 1 unspecified atom stereocenters. The zero-order valence-electron chi connectivity index (χ0n) is 12.7. The number of hydrogen-bond acceptors (Lipinski definition) is 4. The Kier molecular flexibility index (Phi) is 4.78. The zero-order chi connectivity index (χ0) is 17.1. The molecule has 5 nitrogen and oxygen atoms in total. The van der Waals surface area contributed by atoms with Crippen LogP contribution in [-0.4, -0.2) is 16.8 Å². The summed E-state index contributed by atoms with van der Waals surface area (Å²) in [6.45, 7) is 1.80. The summed E-state index contributed by atoms with van der Waals surface area (Å²) in [6.07, 6.45) is 1.52. The third-order valence-electron chi connectivity index (χ3n) is 3.42. The molecule has 0 bridgehead atoms. The minimum Gasteiger partial charge on any atom is -0.340 e. The number of fused-ring (bicyclic) bond motifs is 1. The van der Waals surface area contributed by atoms with Crippen LogP contribution in [0.2, 0.25) is 4.34 Å². The van der Waals surface area contributed by atoms with Crippen molar-refractivity contribution in [2.75, 3.05) is 5.32 Å². The molecule has 0 fully saturated rings. The molecule has 3 aromatic rings. The van der Waals surface area contributed by atoms with Crippen molar-refractivity contribution in [3.8, 4) is 0 Å². The number of rotatable bonds is 3. The van der Waals surface area contributed by atoms with Crippen LogP contribution in [0.5, 0.6) is 0 Å². The summed E-state index contributed by atoms with van der Waals surface area (Å²) in [4.78, 5) is 29.2. The fourth-order valence-electron chi connectivity index (χ4n) is 2.22. The maximum atomic E-state index is 12.0. The average molecular weight is 360 g/mol. The van der Waals surface area contributed by atoms with Crippen molar-refractivity contribution in [1.29, 1.82) is 0 Å². The molecule has 1 atom stereocenters. The zero-order valence-corrected chi connectivity index (χ0v) is 14.3. The van der Waals surface area contributed by atoms with Gasteiger partial charge in [0.05, 0.1) is 27.8 Å². The first-order valence-corrected chi connectivity index (χ1v) is 8.44. The lowest BCUT2D eigenvalue weighted by Crippen LogP contribution is -2.36. The van der Waals surface area contributed by atoms with E-state index >= 15 is 0 Å². The number of aromatic nitrogens is 1. The van der Waals surface area contributed by atoms with Gasteiger partial charge in [0.25, 0.3) is 0 Å². The van der Waals surface area contributed by atoms with Gasteiger partial charge in [-0.25, -0.2) is 0 Å². The third kappa shape index (κ3) is 3.72. The van der Waals surface area contributed by atoms with E-state index in [0.29, 0.717) is 10.0 Å². The minimum absolute atomic E-state index is 0.296. The molecule has 0 aliphatic heterocycles. The molecule has 24 heavy (non-hydrogen) atoms. The number of thiophene rings is 1. The quantitative estimate of drug-likeness (QED) is 0.699. The van der Waals surface area contributed by atoms with Crippen LogP contribution in [0.15, 0.2) is 48.7 Å². The molecule has 0 saturated carbocycles. The Balaban J connectivity index is 1.65. The third-order valence-corrected chi connectivity index (χ3v) is 4.84. The molecule has 0 spiro atoms. The lowest BCUT2D eigenvalue weighted by molar-refractivity contribution is -0.136. The fourth-order valence-corrected chi connectivity index (χ4v) is 3.28. The number of nitrogens with one attached hydrogen (secondary N) is 2. The molecule has 1 aromatic carbocycles. The summed E-state index contributed by atoms with van der Waals surface area (Å²) >= 11 is 7.24. The highest BCUT2D eigenvalue weighted by Gasteiger charge is 2.18. The smallest absolute Gasteiger partial charge is 0.313 e. The van der Waals surface area contributed by atoms with Gasteiger partial charge in [0, 0.05) is 10.3 Å². The first kappa shape index (κ1) is 16.4. The van der Waals surface area contributed by atoms with Gasteiger partial charge in [-0.1, -0.05) is 29.8 Å². The molecule has 0 aliphatic carbocycles. The van der Waals surface area contributed by atoms with E-state index in [0.717, 1.165) is 15.8 Å². The number of nitrogens with zero attached hydrogens (tertiary/aromatic N) is 1. The molecule has 122 valence electrons. The van der Waals surface area contributed by atoms with Gasteiger partial charge in [-0.05, 0) is 31.2 Å². The van der Waals surface area contributed by atoms with E-state index in [1.54, 1.807) is 19.1 Å². The largest absolute Gasteiger partial charge is 0.340 e. The standard InChI is InChI=1S/C17H14ClN3O2S/c1-10(14-6-7-15(18)24-14)20-16(22)17(23)21-12-8-11-4-2-3-5-13(11)19-9-12/h2-10H,1H3,(H,20,22)(H,21,23). The number of para-hydroxylation sites is 1. The number of pyridine rings is 1. The number of halogens is 1. The molecule has 0 saturated heterocycles. The predicted octanol–water partition coefficient (Wildman–Crippen LogP) is 3.77. The van der Waals surface area contributed by atoms with E-state index in [1.165, 1.54) is 17.5 Å². The van der Waals surface area contributed by atoms with E-state index in [-0.39, 0.29) is 6.04 Å². The van der Waals surface area contributed by atoms with Gasteiger partial charge in [-0.15, -0.1) is 11.3 Å². The van der Waals surface area contributed by atoms with Crippen molar-refractivity contribution >= 4 is 51.3 Å². The van der Waals surface area contributed by atoms with Crippen molar-refractivity contribution in [2.24, 2.45) is 0 Å². The number of anilines is 1. The van der Waals surface area contributed by atoms with Crippen molar-refractivity contribution < 1.29 is 9.59 Å². The van der Waals surface area contributed by atoms with E-state index in [9.17, 15) is 9.59 Å². The van der Waals surface area contributed by atoms with Crippen LogP contribution >= 0.6 is 22.9 Å². The average Bonchev–Trinajstić information content (AvgIpc) is 3.01. The second-order valence-corrected chi connectivity index (χ2v) is 6.95. The Hall–Kier alpha value is -2.44. The van der Waals surface area contributed by atoms with Crippen LogP contribution in [-0.2, 0) is 9.59 Å². The Labute approximate surface area is 147 Å². The highest BCUT2D eigenvalue weighted by atomic mass is 35.5. The van der Waals surface area contributed by atoms with Crippen LogP contribution in [0.4, 0.5) is 5.69 Å². The predicted molar refractivity (Wildman–Crippen MR) is 96.3 cm³/mol. The maximum absolute atomic E-state index is 12.0. The molecule has 3 rings (SSSR count). The van der Waals surface area contributed by atoms with E-state index < -0.39 is 11.8 Å². The van der Waals surface area contributed by atoms with Gasteiger partial charge < -0.3 is 10.6 Å². The molecular weight excluding hydrogens is 346 g/mol. The summed E-state index contributed by atoms with van der Waals surface area (Å²) < 4.78 is 0.637. The van der Waals surface area contributed by atoms with Crippen molar-refractivity contribution in [2.45, 2.75) is 13.0 Å². The van der Waals surface area contributed by atoms with Gasteiger partial charge in [-0.3, -0.25) is 14.6 Å². The second kappa shape index (κ2) is 6.98. The Morgan fingerprint density at radius 2 is 1.96 bits per heavy atom. The van der Waals surface area contributed by atoms with Crippen molar-refractivity contribution in [3.05, 3.63) is 57.9 Å². The second-order valence-electron chi connectivity index (χ2n) is 5.21. The highest BCUT2D eigenvalue weighted by Crippen LogP contribution is 2.26. The van der Waals surface area contributed by atoms with Gasteiger partial charge in [0.2, 0.25) is 0 Å². The Morgan fingerprint density at radius 3 is 2.71 bits per heavy atom. The van der Waals surface area contributed by atoms with Crippen molar-refractivity contribution in [3.63, 3.8) is 0 Å². The van der Waals surface area contributed by atoms with Crippen molar-refractivity contribution in [1.82, 2.24) is 10.3 Å². The van der Waals surface area contributed by atoms with E-state index in [4.69, 9.17) is 11.6 Å². The van der Waals surface area contributed by atoms with Gasteiger partial charge in [0.15, 0.2) is 0 Å². The highest BCUT2D eigenvalue weighted by molar-refractivity contribution is 7.16. The molecule has 7 heteroatoms. The number of carbonyl (C=O) groups excluding carboxylic acids is 2. The summed E-state index contributed by atoms with van der Waals surface area (Å²) in [5, 5.41) is 6.09. The summed E-state index contributed by atoms with van der Waals surface area (Å²) in [5.74, 6) is -1.44. The number of amides is 2. The fraction of sp³-hybridized carbons (Fsp3) is 0.118. The molecular formula is C17H14ClN3O2S. The summed E-state index contributed by atoms with van der Waals surface area (Å²) in [7, 11) is 0. The van der Waals surface area contributed by atoms with Crippen LogP contribution in [0, 0.1) is 0 Å². The van der Waals surface area contributed by atoms with E-state index in [2.05, 4.69) is 15.6 Å². The summed E-state index contributed by atoms with van der Waals surface area (Å²) in [5.41, 5.74) is 1.30. The molecule has 0 aliphatic rings. The number of hydrogen-bond donors (Lipinski definition) is 2. The number of benzene rings is 1. The monoisotopic (exact) mass is 359 g/mol. The summed E-state index contributed by atoms with van der Waals surface area (Å²) in [6, 6.07) is 12.6. The van der Waals surface area contributed by atoms with E-state index in [1.807, 2.05) is 30.3 Å². The lowest BCUT2D eigenvalue weighted by Gasteiger charge is -2.12. The molecule has 0 radical (unpaired) electrons. The Bertz CT molecular complexity index is 909. The molecule has 2 aromatic heterocycles. The minimum atomic E-state index is -0.735. The van der Waals surface area contributed by atoms with Gasteiger partial charge in [0.1, 0.15) is 0 Å². The number of carbonyl (C=O) groups is 2. The maximum Gasteiger partial charge on any atom is 0.313 e. The lowest BCUT2D eigenvalue weighted by atomic mass is 10.2. The van der Waals surface area contributed by atoms with Gasteiger partial charge >= 0.3 is 11.8 Å². The first-order valence-electron chi connectivity index (χ1n) is 7.25. The first-order chi connectivity index (χ1) is 11.5. The molecule has 2 heterocycles. The van der Waals surface area contributed by atoms with Crippen LogP contribution in [0.3, 0.4) is 0 Å². The van der Waals surface area contributed by atoms with Crippen LogP contribution < -0.4 is 10.6 Å². The van der Waals surface area contributed by atoms with Crippen LogP contribution in [0.1, 0.15) is 17.8 Å². The molecule has 2 N–H and O–H groups in total. The van der Waals surface area contributed by atoms with Crippen LogP contribution in [0.25, 0.3) is 10.9 Å². The Morgan fingerprint density at radius 1 is 1.17 bits per heavy atom. The SMILES string of the molecule is CC(NC(=O)C(=O)Nc1cnc2ccccc2c1)c1ccc(Cl)s1. The topological polar surface area (TPSA) is 71.1 Å².